The summed E-state index contributed by atoms with van der Waals surface area (Å²) in [5.74, 6) is -0.927. The maximum absolute atomic E-state index is 12.8. The lowest BCUT2D eigenvalue weighted by Gasteiger charge is -2.18. The molecule has 0 N–H and O–H groups in total. The molecule has 0 aliphatic carbocycles. The van der Waals surface area contributed by atoms with E-state index in [0.717, 1.165) is 89.9 Å². The molecule has 446 valence electrons. The summed E-state index contributed by atoms with van der Waals surface area (Å²) >= 11 is 0. The summed E-state index contributed by atoms with van der Waals surface area (Å²) < 4.78 is 16.8. The highest BCUT2D eigenvalue weighted by Crippen LogP contribution is 2.18. The van der Waals surface area contributed by atoms with Crippen molar-refractivity contribution in [1.29, 1.82) is 0 Å². The molecule has 0 amide bonds. The lowest BCUT2D eigenvalue weighted by atomic mass is 10.0. The van der Waals surface area contributed by atoms with E-state index >= 15 is 0 Å². The quantitative estimate of drug-likeness (QED) is 0.0261. The fourth-order valence-electron chi connectivity index (χ4n) is 9.74. The number of carbonyl (C=O) groups excluding carboxylic acids is 3. The Bertz CT molecular complexity index is 1420. The van der Waals surface area contributed by atoms with Crippen LogP contribution in [0.4, 0.5) is 0 Å². The highest BCUT2D eigenvalue weighted by atomic mass is 16.6. The number of carbonyl (C=O) groups is 3. The van der Waals surface area contributed by atoms with Crippen molar-refractivity contribution in [1.82, 2.24) is 0 Å². The number of ether oxygens (including phenoxy) is 3. The predicted octanol–water partition coefficient (Wildman–Crippen LogP) is 22.9. The Kier molecular flexibility index (Phi) is 62.7. The molecule has 77 heavy (non-hydrogen) atoms. The Hall–Kier alpha value is -3.15. The molecule has 0 aromatic heterocycles. The van der Waals surface area contributed by atoms with Gasteiger partial charge in [-0.1, -0.05) is 325 Å². The van der Waals surface area contributed by atoms with Gasteiger partial charge in [0.25, 0.3) is 0 Å². The van der Waals surface area contributed by atoms with E-state index in [2.05, 4.69) is 93.7 Å². The Morgan fingerprint density at radius 3 is 0.792 bits per heavy atom. The Balaban J connectivity index is 4.08. The average Bonchev–Trinajstić information content (AvgIpc) is 3.43. The van der Waals surface area contributed by atoms with Crippen LogP contribution in [-0.2, 0) is 28.6 Å². The van der Waals surface area contributed by atoms with E-state index in [0.29, 0.717) is 19.3 Å². The van der Waals surface area contributed by atoms with Gasteiger partial charge < -0.3 is 14.2 Å². The molecule has 1 unspecified atom stereocenters. The van der Waals surface area contributed by atoms with Gasteiger partial charge in [-0.15, -0.1) is 0 Å². The van der Waals surface area contributed by atoms with Crippen molar-refractivity contribution in [2.45, 2.75) is 348 Å². The van der Waals surface area contributed by atoms with Crippen molar-refractivity contribution >= 4 is 17.9 Å². The van der Waals surface area contributed by atoms with Gasteiger partial charge in [0.05, 0.1) is 0 Å². The van der Waals surface area contributed by atoms with Gasteiger partial charge in [0.2, 0.25) is 0 Å². The molecule has 0 aromatic rings. The van der Waals surface area contributed by atoms with Crippen LogP contribution < -0.4 is 0 Å². The third kappa shape index (κ3) is 63.6. The second-order valence-corrected chi connectivity index (χ2v) is 22.4. The number of hydrogen-bond acceptors (Lipinski definition) is 6. The molecule has 1 atom stereocenters. The van der Waals surface area contributed by atoms with Crippen molar-refractivity contribution in [3.05, 3.63) is 72.9 Å². The Labute approximate surface area is 478 Å². The van der Waals surface area contributed by atoms with Crippen molar-refractivity contribution < 1.29 is 28.6 Å². The van der Waals surface area contributed by atoms with Crippen molar-refractivity contribution in [3.63, 3.8) is 0 Å². The zero-order valence-corrected chi connectivity index (χ0v) is 51.2. The summed E-state index contributed by atoms with van der Waals surface area (Å²) in [6, 6.07) is 0. The van der Waals surface area contributed by atoms with E-state index in [1.165, 1.54) is 205 Å². The highest BCUT2D eigenvalue weighted by Gasteiger charge is 2.19. The fraction of sp³-hybridized carbons (Fsp3) is 0.789. The fourth-order valence-corrected chi connectivity index (χ4v) is 9.74. The lowest BCUT2D eigenvalue weighted by Crippen LogP contribution is -2.30. The van der Waals surface area contributed by atoms with Gasteiger partial charge in [-0.2, -0.15) is 0 Å². The maximum Gasteiger partial charge on any atom is 0.306 e. The number of unbranched alkanes of at least 4 members (excludes halogenated alkanes) is 38. The van der Waals surface area contributed by atoms with Crippen LogP contribution in [-0.4, -0.2) is 37.2 Å². The SMILES string of the molecule is CC/C=C\C/C=C\C/C=C\C/C=C\C/C=C\C/C=C\CCCCC(=O)OC(COC(=O)CCCCCCCCC)COC(=O)CCCCCCCCCCCCCCCCCCCCCCCCCCCCCCCCC. The van der Waals surface area contributed by atoms with E-state index in [9.17, 15) is 14.4 Å². The standard InChI is InChI=1S/C71H126O6/c1-4-7-10-13-16-18-20-22-24-26-28-30-31-32-33-34-35-36-37-38-39-41-42-44-46-48-50-52-55-58-61-64-70(73)76-67-68(66-75-69(72)63-60-57-54-15-12-9-6-3)77-71(74)65-62-59-56-53-51-49-47-45-43-40-29-27-25-23-21-19-17-14-11-8-5-2/h8,11,17,19,23,25,29,40,45,47,51,53,68H,4-7,9-10,12-16,18,20-22,24,26-28,30-39,41-44,46,48-50,52,54-67H2,1-3H3/b11-8-,19-17-,25-23-,40-29-,47-45-,53-51-. The highest BCUT2D eigenvalue weighted by molar-refractivity contribution is 5.71. The molecular formula is C71H126O6. The van der Waals surface area contributed by atoms with Crippen LogP contribution in [0.15, 0.2) is 72.9 Å². The Morgan fingerprint density at radius 1 is 0.273 bits per heavy atom. The second kappa shape index (κ2) is 65.4. The first-order valence-corrected chi connectivity index (χ1v) is 33.4. The predicted molar refractivity (Wildman–Crippen MR) is 335 cm³/mol. The summed E-state index contributed by atoms with van der Waals surface area (Å²) in [5, 5.41) is 0. The molecule has 0 saturated carbocycles. The smallest absolute Gasteiger partial charge is 0.306 e. The van der Waals surface area contributed by atoms with Crippen molar-refractivity contribution in [2.75, 3.05) is 13.2 Å². The first kappa shape index (κ1) is 73.8. The molecular weight excluding hydrogens is 949 g/mol. The van der Waals surface area contributed by atoms with Gasteiger partial charge in [-0.05, 0) is 70.6 Å². The van der Waals surface area contributed by atoms with Crippen LogP contribution in [0.25, 0.3) is 0 Å². The first-order chi connectivity index (χ1) is 38.0. The van der Waals surface area contributed by atoms with Crippen LogP contribution in [0, 0.1) is 0 Å². The molecule has 0 aliphatic rings. The van der Waals surface area contributed by atoms with Gasteiger partial charge >= 0.3 is 17.9 Å². The molecule has 0 rings (SSSR count). The lowest BCUT2D eigenvalue weighted by molar-refractivity contribution is -0.167. The van der Waals surface area contributed by atoms with Crippen LogP contribution in [0.3, 0.4) is 0 Å². The van der Waals surface area contributed by atoms with Gasteiger partial charge in [0, 0.05) is 19.3 Å². The number of esters is 3. The molecule has 0 heterocycles. The summed E-state index contributed by atoms with van der Waals surface area (Å²) in [6.45, 7) is 6.49. The normalized spacial score (nSPS) is 12.5. The monoisotopic (exact) mass is 1070 g/mol. The molecule has 0 fully saturated rings. The average molecular weight is 1080 g/mol. The molecule has 0 spiro atoms. The van der Waals surface area contributed by atoms with Crippen molar-refractivity contribution in [3.8, 4) is 0 Å². The molecule has 6 heteroatoms. The zero-order chi connectivity index (χ0) is 55.7. The Morgan fingerprint density at radius 2 is 0.506 bits per heavy atom. The summed E-state index contributed by atoms with van der Waals surface area (Å²) in [4.78, 5) is 38.1. The molecule has 0 bridgehead atoms. The van der Waals surface area contributed by atoms with Crippen LogP contribution in [0.5, 0.6) is 0 Å². The van der Waals surface area contributed by atoms with E-state index in [4.69, 9.17) is 14.2 Å². The van der Waals surface area contributed by atoms with Gasteiger partial charge in [-0.25, -0.2) is 0 Å². The molecule has 0 radical (unpaired) electrons. The number of allylic oxidation sites excluding steroid dienone is 12. The third-order valence-electron chi connectivity index (χ3n) is 14.7. The largest absolute Gasteiger partial charge is 0.462 e. The molecule has 6 nitrogen and oxygen atoms in total. The second-order valence-electron chi connectivity index (χ2n) is 22.4. The van der Waals surface area contributed by atoms with Gasteiger partial charge in [0.15, 0.2) is 6.10 Å². The van der Waals surface area contributed by atoms with E-state index in [-0.39, 0.29) is 37.5 Å². The minimum atomic E-state index is -0.795. The molecule has 0 aliphatic heterocycles. The molecule has 0 saturated heterocycles. The topological polar surface area (TPSA) is 78.9 Å². The zero-order valence-electron chi connectivity index (χ0n) is 51.2. The number of hydrogen-bond donors (Lipinski definition) is 0. The van der Waals surface area contributed by atoms with Crippen LogP contribution in [0.1, 0.15) is 342 Å². The number of rotatable bonds is 61. The van der Waals surface area contributed by atoms with E-state index < -0.39 is 6.10 Å². The van der Waals surface area contributed by atoms with Gasteiger partial charge in [0.1, 0.15) is 13.2 Å². The summed E-state index contributed by atoms with van der Waals surface area (Å²) in [6.07, 6.45) is 85.4. The van der Waals surface area contributed by atoms with Crippen LogP contribution in [0.2, 0.25) is 0 Å². The summed E-state index contributed by atoms with van der Waals surface area (Å²) in [5.41, 5.74) is 0. The summed E-state index contributed by atoms with van der Waals surface area (Å²) in [7, 11) is 0. The van der Waals surface area contributed by atoms with Crippen LogP contribution >= 0.6 is 0 Å². The first-order valence-electron chi connectivity index (χ1n) is 33.4. The third-order valence-corrected chi connectivity index (χ3v) is 14.7. The minimum Gasteiger partial charge on any atom is -0.462 e. The molecule has 0 aromatic carbocycles. The van der Waals surface area contributed by atoms with Gasteiger partial charge in [-0.3, -0.25) is 14.4 Å². The van der Waals surface area contributed by atoms with E-state index in [1.807, 2.05) is 0 Å². The van der Waals surface area contributed by atoms with E-state index in [1.54, 1.807) is 0 Å². The minimum absolute atomic E-state index is 0.0899. The van der Waals surface area contributed by atoms with Crippen molar-refractivity contribution in [2.24, 2.45) is 0 Å². The maximum atomic E-state index is 12.8.